The average molecular weight is 370 g/mol. The molecule has 0 bridgehead atoms. The Balaban J connectivity index is 1.73. The molecule has 0 spiro atoms. The van der Waals surface area contributed by atoms with E-state index in [9.17, 15) is 8.78 Å². The summed E-state index contributed by atoms with van der Waals surface area (Å²) in [7, 11) is 3.17. The van der Waals surface area contributed by atoms with Crippen LogP contribution < -0.4 is 10.1 Å². The lowest BCUT2D eigenvalue weighted by Gasteiger charge is -2.06. The zero-order valence-electron chi connectivity index (χ0n) is 14.7. The third-order valence-electron chi connectivity index (χ3n) is 4.68. The number of anilines is 1. The van der Waals surface area contributed by atoms with E-state index in [1.54, 1.807) is 16.9 Å². The number of halogens is 2. The van der Waals surface area contributed by atoms with Gasteiger partial charge in [-0.25, -0.2) is 14.4 Å². The zero-order chi connectivity index (χ0) is 18.7. The molecule has 0 unspecified atom stereocenters. The highest BCUT2D eigenvalue weighted by Gasteiger charge is 2.24. The van der Waals surface area contributed by atoms with Crippen LogP contribution in [-0.2, 0) is 7.05 Å². The SMILES string of the molecule is COc1cc(-c2cc3nc(NC4CC4)c4ncn(C)c4n3n2)cc(F)c1F. The molecule has 0 atom stereocenters. The number of aromatic nitrogens is 5. The molecule has 3 heterocycles. The van der Waals surface area contributed by atoms with Crippen molar-refractivity contribution in [3.8, 4) is 17.0 Å². The topological polar surface area (TPSA) is 69.3 Å². The number of fused-ring (bicyclic) bond motifs is 3. The standard InChI is InChI=1S/C18H16F2N6O/c1-25-8-21-16-17(22-10-3-4-10)23-14-7-12(24-26(14)18(16)25)9-5-11(19)15(20)13(6-9)27-2/h5-8,10H,3-4H2,1-2H3,(H,22,23). The van der Waals surface area contributed by atoms with Gasteiger partial charge in [0.05, 0.1) is 19.1 Å². The highest BCUT2D eigenvalue weighted by atomic mass is 19.2. The van der Waals surface area contributed by atoms with E-state index in [1.165, 1.54) is 13.2 Å². The largest absolute Gasteiger partial charge is 0.494 e. The van der Waals surface area contributed by atoms with E-state index < -0.39 is 11.6 Å². The van der Waals surface area contributed by atoms with Crippen LogP contribution in [0.3, 0.4) is 0 Å². The first kappa shape index (κ1) is 16.0. The van der Waals surface area contributed by atoms with Crippen molar-refractivity contribution < 1.29 is 13.5 Å². The highest BCUT2D eigenvalue weighted by Crippen LogP contribution is 2.31. The molecule has 1 aliphatic rings. The van der Waals surface area contributed by atoms with E-state index in [2.05, 4.69) is 20.4 Å². The number of hydrogen-bond acceptors (Lipinski definition) is 5. The summed E-state index contributed by atoms with van der Waals surface area (Å²) in [5, 5.41) is 7.94. The fraction of sp³-hybridized carbons (Fsp3) is 0.278. The summed E-state index contributed by atoms with van der Waals surface area (Å²) < 4.78 is 36.1. The van der Waals surface area contributed by atoms with Crippen LogP contribution >= 0.6 is 0 Å². The van der Waals surface area contributed by atoms with E-state index in [4.69, 9.17) is 4.74 Å². The number of nitrogens with one attached hydrogen (secondary N) is 1. The van der Waals surface area contributed by atoms with Gasteiger partial charge in [0.15, 0.2) is 34.2 Å². The van der Waals surface area contributed by atoms with Gasteiger partial charge < -0.3 is 14.6 Å². The molecule has 0 radical (unpaired) electrons. The normalized spacial score (nSPS) is 14.2. The Morgan fingerprint density at radius 2 is 2.04 bits per heavy atom. The van der Waals surface area contributed by atoms with Gasteiger partial charge in [-0.05, 0) is 25.0 Å². The number of nitrogens with zero attached hydrogens (tertiary/aromatic N) is 5. The lowest BCUT2D eigenvalue weighted by Crippen LogP contribution is -2.07. The Labute approximate surface area is 152 Å². The summed E-state index contributed by atoms with van der Waals surface area (Å²) in [5.41, 5.74) is 2.94. The predicted octanol–water partition coefficient (Wildman–Crippen LogP) is 3.14. The Morgan fingerprint density at radius 1 is 1.22 bits per heavy atom. The molecule has 0 saturated heterocycles. The fourth-order valence-corrected chi connectivity index (χ4v) is 3.14. The Hall–Kier alpha value is -3.23. The second-order valence-electron chi connectivity index (χ2n) is 6.68. The minimum Gasteiger partial charge on any atom is -0.494 e. The Bertz CT molecular complexity index is 1190. The molecule has 0 amide bonds. The van der Waals surface area contributed by atoms with Crippen LogP contribution in [0, 0.1) is 11.6 Å². The molecule has 0 aliphatic heterocycles. The van der Waals surface area contributed by atoms with Crippen molar-refractivity contribution >= 4 is 22.6 Å². The van der Waals surface area contributed by atoms with Gasteiger partial charge >= 0.3 is 0 Å². The number of methoxy groups -OCH3 is 1. The van der Waals surface area contributed by atoms with E-state index in [0.29, 0.717) is 28.8 Å². The molecule has 138 valence electrons. The number of ether oxygens (including phenoxy) is 1. The number of hydrogen-bond donors (Lipinski definition) is 1. The van der Waals surface area contributed by atoms with Crippen LogP contribution in [0.5, 0.6) is 5.75 Å². The molecule has 1 fully saturated rings. The summed E-state index contributed by atoms with van der Waals surface area (Å²) in [5.74, 6) is -1.48. The molecule has 9 heteroatoms. The lowest BCUT2D eigenvalue weighted by molar-refractivity contribution is 0.372. The van der Waals surface area contributed by atoms with E-state index in [-0.39, 0.29) is 5.75 Å². The quantitative estimate of drug-likeness (QED) is 0.598. The van der Waals surface area contributed by atoms with Crippen LogP contribution in [0.1, 0.15) is 12.8 Å². The van der Waals surface area contributed by atoms with Gasteiger partial charge in [0.2, 0.25) is 5.82 Å². The first-order valence-corrected chi connectivity index (χ1v) is 8.56. The van der Waals surface area contributed by atoms with Crippen molar-refractivity contribution in [2.75, 3.05) is 12.4 Å². The van der Waals surface area contributed by atoms with Crippen molar-refractivity contribution in [1.29, 1.82) is 0 Å². The summed E-state index contributed by atoms with van der Waals surface area (Å²) >= 11 is 0. The first-order valence-electron chi connectivity index (χ1n) is 8.56. The number of imidazole rings is 1. The molecule has 1 aliphatic carbocycles. The molecule has 5 rings (SSSR count). The second-order valence-corrected chi connectivity index (χ2v) is 6.68. The maximum absolute atomic E-state index is 13.9. The molecule has 4 aromatic rings. The summed E-state index contributed by atoms with van der Waals surface area (Å²) in [6.45, 7) is 0. The van der Waals surface area contributed by atoms with Crippen molar-refractivity contribution in [3.05, 3.63) is 36.2 Å². The van der Waals surface area contributed by atoms with Gasteiger partial charge in [0.25, 0.3) is 0 Å². The summed E-state index contributed by atoms with van der Waals surface area (Å²) in [4.78, 5) is 9.07. The van der Waals surface area contributed by atoms with Crippen LogP contribution in [0.15, 0.2) is 24.5 Å². The van der Waals surface area contributed by atoms with Crippen LogP contribution in [0.2, 0.25) is 0 Å². The maximum Gasteiger partial charge on any atom is 0.200 e. The highest BCUT2D eigenvalue weighted by molar-refractivity contribution is 5.86. The number of benzene rings is 1. The third kappa shape index (κ3) is 2.49. The molecule has 1 N–H and O–H groups in total. The van der Waals surface area contributed by atoms with E-state index in [0.717, 1.165) is 30.1 Å². The van der Waals surface area contributed by atoms with Crippen molar-refractivity contribution in [2.45, 2.75) is 18.9 Å². The van der Waals surface area contributed by atoms with Crippen LogP contribution in [0.25, 0.3) is 28.1 Å². The van der Waals surface area contributed by atoms with Gasteiger partial charge in [-0.1, -0.05) is 0 Å². The predicted molar refractivity (Wildman–Crippen MR) is 95.8 cm³/mol. The van der Waals surface area contributed by atoms with Crippen molar-refractivity contribution in [1.82, 2.24) is 24.1 Å². The molecule has 1 aromatic carbocycles. The minimum atomic E-state index is -1.02. The average Bonchev–Trinajstić information content (AvgIpc) is 3.23. The Kier molecular flexibility index (Phi) is 3.33. The van der Waals surface area contributed by atoms with Gasteiger partial charge in [-0.2, -0.15) is 14.0 Å². The van der Waals surface area contributed by atoms with E-state index in [1.807, 2.05) is 11.6 Å². The smallest absolute Gasteiger partial charge is 0.200 e. The molecular weight excluding hydrogens is 354 g/mol. The van der Waals surface area contributed by atoms with Gasteiger partial charge in [0.1, 0.15) is 0 Å². The van der Waals surface area contributed by atoms with Crippen LogP contribution in [-0.4, -0.2) is 37.3 Å². The summed E-state index contributed by atoms with van der Waals surface area (Å²) in [6.07, 6.45) is 3.92. The van der Waals surface area contributed by atoms with Gasteiger partial charge in [-0.3, -0.25) is 0 Å². The van der Waals surface area contributed by atoms with Crippen LogP contribution in [0.4, 0.5) is 14.6 Å². The third-order valence-corrected chi connectivity index (χ3v) is 4.68. The first-order chi connectivity index (χ1) is 13.0. The maximum atomic E-state index is 13.9. The molecule has 1 saturated carbocycles. The molecule has 3 aromatic heterocycles. The van der Waals surface area contributed by atoms with Gasteiger partial charge in [0, 0.05) is 24.7 Å². The second kappa shape index (κ2) is 5.63. The monoisotopic (exact) mass is 370 g/mol. The molecule has 27 heavy (non-hydrogen) atoms. The zero-order valence-corrected chi connectivity index (χ0v) is 14.7. The summed E-state index contributed by atoms with van der Waals surface area (Å²) in [6, 6.07) is 4.67. The lowest BCUT2D eigenvalue weighted by atomic mass is 10.1. The minimum absolute atomic E-state index is 0.170. The number of aryl methyl sites for hydroxylation is 1. The fourth-order valence-electron chi connectivity index (χ4n) is 3.14. The molecular formula is C18H16F2N6O. The van der Waals surface area contributed by atoms with Crippen molar-refractivity contribution in [2.24, 2.45) is 7.05 Å². The molecule has 7 nitrogen and oxygen atoms in total. The van der Waals surface area contributed by atoms with Gasteiger partial charge in [-0.15, -0.1) is 0 Å². The van der Waals surface area contributed by atoms with Crippen molar-refractivity contribution in [3.63, 3.8) is 0 Å². The Morgan fingerprint density at radius 3 is 2.78 bits per heavy atom. The number of rotatable bonds is 4. The van der Waals surface area contributed by atoms with E-state index >= 15 is 0 Å².